The Morgan fingerprint density at radius 3 is 2.71 bits per heavy atom. The minimum atomic E-state index is 0.0353. The van der Waals surface area contributed by atoms with E-state index < -0.39 is 0 Å². The van der Waals surface area contributed by atoms with Crippen LogP contribution in [-0.2, 0) is 11.3 Å². The van der Waals surface area contributed by atoms with Crippen molar-refractivity contribution in [1.82, 2.24) is 15.6 Å². The number of likely N-dealkylation sites (N-methyl/N-ethyl adjacent to an activating group) is 1. The normalized spacial score (nSPS) is 14.3. The Bertz CT molecular complexity index is 454. The van der Waals surface area contributed by atoms with Gasteiger partial charge in [-0.3, -0.25) is 4.79 Å². The van der Waals surface area contributed by atoms with Gasteiger partial charge in [-0.2, -0.15) is 0 Å². The van der Waals surface area contributed by atoms with E-state index in [4.69, 9.17) is 0 Å². The number of aromatic nitrogens is 1. The van der Waals surface area contributed by atoms with Crippen LogP contribution in [0, 0.1) is 0 Å². The summed E-state index contributed by atoms with van der Waals surface area (Å²) in [5.74, 6) is 0.889. The van der Waals surface area contributed by atoms with Crippen molar-refractivity contribution in [2.45, 2.75) is 52.2 Å². The average molecular weight is 290 g/mol. The van der Waals surface area contributed by atoms with Crippen LogP contribution >= 0.6 is 0 Å². The average Bonchev–Trinajstić information content (AvgIpc) is 3.26. The number of hydrogen-bond acceptors (Lipinski definition) is 4. The SMILES string of the molecule is CCN(CC(=O)NC(C)C)c1ccc(CNC2CC2)cn1. The van der Waals surface area contributed by atoms with Crippen molar-refractivity contribution >= 4 is 11.7 Å². The van der Waals surface area contributed by atoms with Crippen LogP contribution in [0.15, 0.2) is 18.3 Å². The first-order chi connectivity index (χ1) is 10.1. The highest BCUT2D eigenvalue weighted by molar-refractivity contribution is 5.81. The van der Waals surface area contributed by atoms with E-state index in [0.29, 0.717) is 12.6 Å². The van der Waals surface area contributed by atoms with Gasteiger partial charge in [0.05, 0.1) is 6.54 Å². The molecule has 5 nitrogen and oxygen atoms in total. The second kappa shape index (κ2) is 7.41. The van der Waals surface area contributed by atoms with Gasteiger partial charge in [0, 0.05) is 31.4 Å². The maximum Gasteiger partial charge on any atom is 0.239 e. The van der Waals surface area contributed by atoms with Gasteiger partial charge in [-0.25, -0.2) is 4.98 Å². The lowest BCUT2D eigenvalue weighted by atomic mass is 10.2. The molecule has 1 saturated carbocycles. The molecule has 0 bridgehead atoms. The molecule has 2 rings (SSSR count). The van der Waals surface area contributed by atoms with Gasteiger partial charge in [-0.05, 0) is 45.2 Å². The number of anilines is 1. The molecule has 1 aromatic heterocycles. The van der Waals surface area contributed by atoms with Crippen molar-refractivity contribution in [2.24, 2.45) is 0 Å². The highest BCUT2D eigenvalue weighted by Crippen LogP contribution is 2.19. The van der Waals surface area contributed by atoms with Crippen LogP contribution in [0.5, 0.6) is 0 Å². The first-order valence-corrected chi connectivity index (χ1v) is 7.81. The topological polar surface area (TPSA) is 57.3 Å². The van der Waals surface area contributed by atoms with Crippen LogP contribution in [0.25, 0.3) is 0 Å². The quantitative estimate of drug-likeness (QED) is 0.765. The molecule has 116 valence electrons. The van der Waals surface area contributed by atoms with E-state index in [1.165, 1.54) is 18.4 Å². The van der Waals surface area contributed by atoms with Crippen molar-refractivity contribution in [3.63, 3.8) is 0 Å². The number of nitrogens with zero attached hydrogens (tertiary/aromatic N) is 2. The van der Waals surface area contributed by atoms with Gasteiger partial charge in [-0.1, -0.05) is 6.07 Å². The fourth-order valence-corrected chi connectivity index (χ4v) is 2.15. The summed E-state index contributed by atoms with van der Waals surface area (Å²) in [4.78, 5) is 18.3. The first-order valence-electron chi connectivity index (χ1n) is 7.81. The lowest BCUT2D eigenvalue weighted by Gasteiger charge is -2.22. The molecule has 5 heteroatoms. The van der Waals surface area contributed by atoms with E-state index in [1.807, 2.05) is 37.9 Å². The monoisotopic (exact) mass is 290 g/mol. The first kappa shape index (κ1) is 15.8. The predicted octanol–water partition coefficient (Wildman–Crippen LogP) is 1.68. The molecule has 1 aliphatic rings. The van der Waals surface area contributed by atoms with Crippen molar-refractivity contribution in [1.29, 1.82) is 0 Å². The lowest BCUT2D eigenvalue weighted by molar-refractivity contribution is -0.120. The largest absolute Gasteiger partial charge is 0.352 e. The van der Waals surface area contributed by atoms with Crippen LogP contribution in [0.1, 0.15) is 39.2 Å². The van der Waals surface area contributed by atoms with Gasteiger partial charge < -0.3 is 15.5 Å². The molecular formula is C16H26N4O. The number of hydrogen-bond donors (Lipinski definition) is 2. The van der Waals surface area contributed by atoms with Crippen molar-refractivity contribution in [2.75, 3.05) is 18.0 Å². The standard InChI is InChI=1S/C16H26N4O/c1-4-20(11-16(21)19-12(2)3)15-8-5-13(10-18-15)9-17-14-6-7-14/h5,8,10,12,14,17H,4,6-7,9,11H2,1-3H3,(H,19,21). The number of amides is 1. The summed E-state index contributed by atoms with van der Waals surface area (Å²) >= 11 is 0. The fourth-order valence-electron chi connectivity index (χ4n) is 2.15. The molecule has 1 aromatic rings. The van der Waals surface area contributed by atoms with Crippen LogP contribution in [0.3, 0.4) is 0 Å². The zero-order chi connectivity index (χ0) is 15.2. The minimum absolute atomic E-state index is 0.0353. The zero-order valence-corrected chi connectivity index (χ0v) is 13.2. The highest BCUT2D eigenvalue weighted by Gasteiger charge is 2.20. The maximum atomic E-state index is 11.9. The fraction of sp³-hybridized carbons (Fsp3) is 0.625. The van der Waals surface area contributed by atoms with Crippen LogP contribution < -0.4 is 15.5 Å². The summed E-state index contributed by atoms with van der Waals surface area (Å²) in [7, 11) is 0. The van der Waals surface area contributed by atoms with Gasteiger partial charge in [0.2, 0.25) is 5.91 Å². The lowest BCUT2D eigenvalue weighted by Crippen LogP contribution is -2.40. The molecule has 1 aliphatic carbocycles. The third-order valence-electron chi connectivity index (χ3n) is 3.47. The van der Waals surface area contributed by atoms with E-state index in [-0.39, 0.29) is 11.9 Å². The Hall–Kier alpha value is -1.62. The molecule has 1 fully saturated rings. The van der Waals surface area contributed by atoms with Crippen molar-refractivity contribution in [3.8, 4) is 0 Å². The molecule has 2 N–H and O–H groups in total. The zero-order valence-electron chi connectivity index (χ0n) is 13.2. The number of carbonyl (C=O) groups excluding carboxylic acids is 1. The molecule has 0 radical (unpaired) electrons. The number of nitrogens with one attached hydrogen (secondary N) is 2. The molecule has 1 amide bonds. The third-order valence-corrected chi connectivity index (χ3v) is 3.47. The summed E-state index contributed by atoms with van der Waals surface area (Å²) in [6, 6.07) is 4.95. The number of pyridine rings is 1. The van der Waals surface area contributed by atoms with E-state index in [2.05, 4.69) is 21.7 Å². The second-order valence-corrected chi connectivity index (χ2v) is 5.92. The van der Waals surface area contributed by atoms with Gasteiger partial charge >= 0.3 is 0 Å². The molecule has 0 atom stereocenters. The van der Waals surface area contributed by atoms with E-state index >= 15 is 0 Å². The maximum absolute atomic E-state index is 11.9. The number of carbonyl (C=O) groups is 1. The summed E-state index contributed by atoms with van der Waals surface area (Å²) in [6.45, 7) is 7.95. The van der Waals surface area contributed by atoms with Gasteiger partial charge in [-0.15, -0.1) is 0 Å². The molecule has 0 aliphatic heterocycles. The van der Waals surface area contributed by atoms with Gasteiger partial charge in [0.25, 0.3) is 0 Å². The van der Waals surface area contributed by atoms with Gasteiger partial charge in [0.1, 0.15) is 5.82 Å². The van der Waals surface area contributed by atoms with Gasteiger partial charge in [0.15, 0.2) is 0 Å². The molecule has 0 saturated heterocycles. The molecular weight excluding hydrogens is 264 g/mol. The summed E-state index contributed by atoms with van der Waals surface area (Å²) < 4.78 is 0. The molecule has 21 heavy (non-hydrogen) atoms. The van der Waals surface area contributed by atoms with E-state index in [0.717, 1.165) is 18.9 Å². The Morgan fingerprint density at radius 1 is 1.43 bits per heavy atom. The molecule has 0 spiro atoms. The Morgan fingerprint density at radius 2 is 2.19 bits per heavy atom. The minimum Gasteiger partial charge on any atom is -0.352 e. The molecule has 1 heterocycles. The highest BCUT2D eigenvalue weighted by atomic mass is 16.2. The molecule has 0 aromatic carbocycles. The third kappa shape index (κ3) is 5.34. The Kier molecular flexibility index (Phi) is 5.56. The van der Waals surface area contributed by atoms with E-state index in [1.54, 1.807) is 0 Å². The Balaban J connectivity index is 1.89. The molecule has 0 unspecified atom stereocenters. The second-order valence-electron chi connectivity index (χ2n) is 5.92. The van der Waals surface area contributed by atoms with Crippen LogP contribution in [-0.4, -0.2) is 36.1 Å². The summed E-state index contributed by atoms with van der Waals surface area (Å²) in [5.41, 5.74) is 1.19. The number of rotatable bonds is 8. The predicted molar refractivity (Wildman–Crippen MR) is 85.3 cm³/mol. The van der Waals surface area contributed by atoms with E-state index in [9.17, 15) is 4.79 Å². The smallest absolute Gasteiger partial charge is 0.239 e. The summed E-state index contributed by atoms with van der Waals surface area (Å²) in [6.07, 6.45) is 4.48. The van der Waals surface area contributed by atoms with Crippen LogP contribution in [0.2, 0.25) is 0 Å². The Labute approximate surface area is 127 Å². The van der Waals surface area contributed by atoms with Crippen molar-refractivity contribution in [3.05, 3.63) is 23.9 Å². The van der Waals surface area contributed by atoms with Crippen molar-refractivity contribution < 1.29 is 4.79 Å². The summed E-state index contributed by atoms with van der Waals surface area (Å²) in [5, 5.41) is 6.38. The van der Waals surface area contributed by atoms with Crippen LogP contribution in [0.4, 0.5) is 5.82 Å².